The van der Waals surface area contributed by atoms with E-state index in [9.17, 15) is 28.0 Å². The van der Waals surface area contributed by atoms with E-state index in [-0.39, 0.29) is 6.42 Å². The van der Waals surface area contributed by atoms with Crippen LogP contribution in [0.3, 0.4) is 0 Å². The maximum atomic E-state index is 12.5. The van der Waals surface area contributed by atoms with E-state index in [0.29, 0.717) is 12.8 Å². The van der Waals surface area contributed by atoms with Crippen molar-refractivity contribution in [2.24, 2.45) is 0 Å². The molecule has 0 saturated heterocycles. The summed E-state index contributed by atoms with van der Waals surface area (Å²) in [6.07, 6.45) is 35.0. The summed E-state index contributed by atoms with van der Waals surface area (Å²) in [5, 5.41) is 23.2. The van der Waals surface area contributed by atoms with E-state index >= 15 is 0 Å². The van der Waals surface area contributed by atoms with Crippen molar-refractivity contribution >= 4 is 16.0 Å². The molecule has 44 heavy (non-hydrogen) atoms. The Hall–Kier alpha value is -1.48. The molecular formula is C36H67NO6S. The van der Waals surface area contributed by atoms with Gasteiger partial charge in [0.05, 0.1) is 17.9 Å². The smallest absolute Gasteiger partial charge is 0.267 e. The number of rotatable bonds is 31. The predicted molar refractivity (Wildman–Crippen MR) is 185 cm³/mol. The summed E-state index contributed by atoms with van der Waals surface area (Å²) in [5.41, 5.74) is 0. The average molecular weight is 642 g/mol. The molecule has 0 bridgehead atoms. The SMILES string of the molecule is CCCC/C=C\CCCCCCC(O)C(=O)NC(CS(=O)(=O)O)C(O)/C=C/CC/C=C/CCCCCCCCCCCCC. The van der Waals surface area contributed by atoms with Crippen molar-refractivity contribution in [2.45, 2.75) is 180 Å². The fourth-order valence-corrected chi connectivity index (χ4v) is 5.83. The summed E-state index contributed by atoms with van der Waals surface area (Å²) in [4.78, 5) is 12.5. The lowest BCUT2D eigenvalue weighted by Gasteiger charge is -2.22. The molecule has 258 valence electrons. The van der Waals surface area contributed by atoms with Crippen LogP contribution < -0.4 is 5.32 Å². The fourth-order valence-electron chi connectivity index (χ4n) is 5.10. The first-order valence-corrected chi connectivity index (χ1v) is 19.4. The molecule has 8 heteroatoms. The molecule has 0 aromatic carbocycles. The molecule has 0 aromatic rings. The van der Waals surface area contributed by atoms with Crippen molar-refractivity contribution in [3.8, 4) is 0 Å². The van der Waals surface area contributed by atoms with Gasteiger partial charge in [-0.2, -0.15) is 8.42 Å². The predicted octanol–water partition coefficient (Wildman–Crippen LogP) is 8.76. The number of amides is 1. The number of carbonyl (C=O) groups excluding carboxylic acids is 1. The minimum Gasteiger partial charge on any atom is -0.387 e. The second-order valence-electron chi connectivity index (χ2n) is 12.3. The first kappa shape index (κ1) is 42.5. The van der Waals surface area contributed by atoms with Gasteiger partial charge in [0.15, 0.2) is 0 Å². The molecule has 0 saturated carbocycles. The Kier molecular flexibility index (Phi) is 29.2. The first-order valence-electron chi connectivity index (χ1n) is 17.8. The zero-order chi connectivity index (χ0) is 32.7. The van der Waals surface area contributed by atoms with E-state index in [4.69, 9.17) is 0 Å². The monoisotopic (exact) mass is 641 g/mol. The molecule has 0 radical (unpaired) electrons. The molecule has 4 N–H and O–H groups in total. The second-order valence-corrected chi connectivity index (χ2v) is 13.8. The highest BCUT2D eigenvalue weighted by atomic mass is 32.2. The highest BCUT2D eigenvalue weighted by Gasteiger charge is 2.27. The molecule has 0 rings (SSSR count). The highest BCUT2D eigenvalue weighted by molar-refractivity contribution is 7.85. The van der Waals surface area contributed by atoms with Gasteiger partial charge in [-0.3, -0.25) is 9.35 Å². The number of hydrogen-bond acceptors (Lipinski definition) is 5. The maximum Gasteiger partial charge on any atom is 0.267 e. The summed E-state index contributed by atoms with van der Waals surface area (Å²) in [5.74, 6) is -1.57. The Morgan fingerprint density at radius 2 is 1.05 bits per heavy atom. The Bertz CT molecular complexity index is 855. The average Bonchev–Trinajstić information content (AvgIpc) is 2.98. The molecule has 3 unspecified atom stereocenters. The summed E-state index contributed by atoms with van der Waals surface area (Å²) < 4.78 is 32.3. The third-order valence-electron chi connectivity index (χ3n) is 7.90. The molecule has 0 aliphatic heterocycles. The normalized spacial score (nSPS) is 14.6. The molecule has 0 aliphatic carbocycles. The number of allylic oxidation sites excluding steroid dienone is 5. The van der Waals surface area contributed by atoms with Crippen LogP contribution in [0.1, 0.15) is 162 Å². The topological polar surface area (TPSA) is 124 Å². The van der Waals surface area contributed by atoms with E-state index in [1.54, 1.807) is 6.08 Å². The molecular weight excluding hydrogens is 574 g/mol. The number of aliphatic hydroxyl groups is 2. The van der Waals surface area contributed by atoms with E-state index in [1.165, 1.54) is 89.5 Å². The van der Waals surface area contributed by atoms with Gasteiger partial charge in [-0.15, -0.1) is 0 Å². The zero-order valence-corrected chi connectivity index (χ0v) is 29.0. The number of carbonyl (C=O) groups is 1. The van der Waals surface area contributed by atoms with E-state index in [0.717, 1.165) is 44.9 Å². The van der Waals surface area contributed by atoms with Crippen LogP contribution in [0.15, 0.2) is 36.5 Å². The summed E-state index contributed by atoms with van der Waals surface area (Å²) in [6.45, 7) is 4.43. The Balaban J connectivity index is 4.20. The van der Waals surface area contributed by atoms with Crippen LogP contribution in [0.25, 0.3) is 0 Å². The van der Waals surface area contributed by atoms with Gasteiger partial charge in [0.2, 0.25) is 5.91 Å². The second kappa shape index (κ2) is 30.2. The largest absolute Gasteiger partial charge is 0.387 e. The molecule has 0 aromatic heterocycles. The maximum absolute atomic E-state index is 12.5. The van der Waals surface area contributed by atoms with Crippen LogP contribution in [0, 0.1) is 0 Å². The third-order valence-corrected chi connectivity index (χ3v) is 8.68. The van der Waals surface area contributed by atoms with Crippen LogP contribution in [-0.2, 0) is 14.9 Å². The molecule has 3 atom stereocenters. The van der Waals surface area contributed by atoms with E-state index in [1.807, 2.05) is 0 Å². The minimum atomic E-state index is -4.45. The number of aliphatic hydroxyl groups excluding tert-OH is 2. The van der Waals surface area contributed by atoms with Crippen LogP contribution in [0.4, 0.5) is 0 Å². The van der Waals surface area contributed by atoms with Crippen molar-refractivity contribution in [3.63, 3.8) is 0 Å². The van der Waals surface area contributed by atoms with Gasteiger partial charge in [0.25, 0.3) is 10.1 Å². The molecule has 0 spiro atoms. The van der Waals surface area contributed by atoms with Crippen LogP contribution in [0.5, 0.6) is 0 Å². The van der Waals surface area contributed by atoms with Crippen molar-refractivity contribution in [1.82, 2.24) is 5.32 Å². The standard InChI is InChI=1S/C36H67NO6S/c1-3-5-7-9-11-13-15-16-17-18-19-20-21-23-24-26-28-30-34(38)33(32-44(41,42)43)37-36(40)35(39)31-29-27-25-22-14-12-10-8-6-4-2/h10,12,21,23,28,30,33-35,38-39H,3-9,11,13-20,22,24-27,29,31-32H2,1-2H3,(H,37,40)(H,41,42,43)/b12-10-,23-21+,30-28+. The van der Waals surface area contributed by atoms with Crippen molar-refractivity contribution < 1.29 is 28.0 Å². The number of nitrogens with one attached hydrogen (secondary N) is 1. The van der Waals surface area contributed by atoms with Gasteiger partial charge in [0, 0.05) is 0 Å². The Morgan fingerprint density at radius 1 is 0.614 bits per heavy atom. The lowest BCUT2D eigenvalue weighted by atomic mass is 10.1. The number of unbranched alkanes of at least 4 members (excludes halogenated alkanes) is 18. The minimum absolute atomic E-state index is 0.258. The highest BCUT2D eigenvalue weighted by Crippen LogP contribution is 2.13. The molecule has 0 fully saturated rings. The molecule has 1 amide bonds. The molecule has 0 aliphatic rings. The lowest BCUT2D eigenvalue weighted by Crippen LogP contribution is -2.50. The van der Waals surface area contributed by atoms with E-state index in [2.05, 4.69) is 43.5 Å². The van der Waals surface area contributed by atoms with Gasteiger partial charge >= 0.3 is 0 Å². The first-order chi connectivity index (χ1) is 21.2. The van der Waals surface area contributed by atoms with Crippen LogP contribution in [-0.4, -0.2) is 53.1 Å². The fraction of sp³-hybridized carbons (Fsp3) is 0.806. The van der Waals surface area contributed by atoms with Gasteiger partial charge in [-0.05, 0) is 51.4 Å². The van der Waals surface area contributed by atoms with E-state index < -0.39 is 40.0 Å². The Labute approximate surface area is 270 Å². The Morgan fingerprint density at radius 3 is 1.57 bits per heavy atom. The van der Waals surface area contributed by atoms with Crippen molar-refractivity contribution in [1.29, 1.82) is 0 Å². The summed E-state index contributed by atoms with van der Waals surface area (Å²) in [7, 11) is -4.45. The molecule has 0 heterocycles. The van der Waals surface area contributed by atoms with Crippen molar-refractivity contribution in [2.75, 3.05) is 5.75 Å². The van der Waals surface area contributed by atoms with Gasteiger partial charge < -0.3 is 15.5 Å². The summed E-state index contributed by atoms with van der Waals surface area (Å²) in [6, 6.07) is -1.25. The van der Waals surface area contributed by atoms with Gasteiger partial charge in [-0.1, -0.05) is 147 Å². The summed E-state index contributed by atoms with van der Waals surface area (Å²) >= 11 is 0. The third kappa shape index (κ3) is 29.2. The molecule has 7 nitrogen and oxygen atoms in total. The van der Waals surface area contributed by atoms with Gasteiger partial charge in [0.1, 0.15) is 6.10 Å². The van der Waals surface area contributed by atoms with Crippen LogP contribution >= 0.6 is 0 Å². The van der Waals surface area contributed by atoms with Crippen molar-refractivity contribution in [3.05, 3.63) is 36.5 Å². The zero-order valence-electron chi connectivity index (χ0n) is 28.1. The van der Waals surface area contributed by atoms with Crippen LogP contribution in [0.2, 0.25) is 0 Å². The quantitative estimate of drug-likeness (QED) is 0.0341. The van der Waals surface area contributed by atoms with Gasteiger partial charge in [-0.25, -0.2) is 0 Å². The number of hydrogen-bond donors (Lipinski definition) is 4. The lowest BCUT2D eigenvalue weighted by molar-refractivity contribution is -0.130.